The molecular weight excluding hydrogens is 308 g/mol. The molecule has 2 heteroatoms. The molecule has 0 radical (unpaired) electrons. The Morgan fingerprint density at radius 1 is 1.16 bits per heavy atom. The van der Waals surface area contributed by atoms with E-state index in [0.29, 0.717) is 11.3 Å². The number of benzene rings is 1. The second-order valence-corrected chi connectivity index (χ2v) is 8.44. The molecule has 25 heavy (non-hydrogen) atoms. The van der Waals surface area contributed by atoms with Gasteiger partial charge >= 0.3 is 0 Å². The van der Waals surface area contributed by atoms with Crippen molar-refractivity contribution in [1.82, 2.24) is 0 Å². The van der Waals surface area contributed by atoms with Gasteiger partial charge in [0.2, 0.25) is 0 Å². The van der Waals surface area contributed by atoms with Crippen LogP contribution >= 0.6 is 0 Å². The Morgan fingerprint density at radius 2 is 1.80 bits per heavy atom. The highest BCUT2D eigenvalue weighted by atomic mass is 16.5. The Balaban J connectivity index is 0.000000324. The summed E-state index contributed by atoms with van der Waals surface area (Å²) in [4.78, 5) is 0. The standard InChI is InChI=1S/C16H26O.C7H12O/c1-6-13(12-16(3,4)5)14-8-10-15(11-9-14)17-7-2;1-6-2-3-7(4-6)5-8/h8-11,13H,6-7,12H2,1-5H3;3,6,8H,2,4-5H2,1H3. The van der Waals surface area contributed by atoms with Gasteiger partial charge in [-0.05, 0) is 73.1 Å². The number of aliphatic hydroxyl groups excluding tert-OH is 1. The first-order valence-electron chi connectivity index (χ1n) is 9.80. The van der Waals surface area contributed by atoms with Crippen LogP contribution in [0.2, 0.25) is 0 Å². The number of ether oxygens (including phenoxy) is 1. The molecule has 2 rings (SSSR count). The maximum atomic E-state index is 8.62. The highest BCUT2D eigenvalue weighted by Crippen LogP contribution is 2.33. The zero-order valence-electron chi connectivity index (χ0n) is 17.1. The highest BCUT2D eigenvalue weighted by Gasteiger charge is 2.18. The van der Waals surface area contributed by atoms with E-state index < -0.39 is 0 Å². The third-order valence-electron chi connectivity index (χ3n) is 4.64. The van der Waals surface area contributed by atoms with Crippen molar-refractivity contribution in [2.45, 2.75) is 73.1 Å². The van der Waals surface area contributed by atoms with Crippen LogP contribution in [-0.2, 0) is 0 Å². The Kier molecular flexibility index (Phi) is 9.27. The van der Waals surface area contributed by atoms with Crippen LogP contribution in [0.3, 0.4) is 0 Å². The summed E-state index contributed by atoms with van der Waals surface area (Å²) < 4.78 is 5.48. The molecule has 0 aromatic heterocycles. The van der Waals surface area contributed by atoms with E-state index in [0.717, 1.165) is 31.1 Å². The summed E-state index contributed by atoms with van der Waals surface area (Å²) in [5.74, 6) is 2.41. The lowest BCUT2D eigenvalue weighted by Crippen LogP contribution is -2.11. The first-order valence-corrected chi connectivity index (χ1v) is 9.80. The molecule has 0 heterocycles. The summed E-state index contributed by atoms with van der Waals surface area (Å²) in [6.45, 7) is 14.4. The van der Waals surface area contributed by atoms with E-state index in [9.17, 15) is 0 Å². The van der Waals surface area contributed by atoms with E-state index in [4.69, 9.17) is 9.84 Å². The number of aliphatic hydroxyl groups is 1. The molecule has 1 aliphatic carbocycles. The van der Waals surface area contributed by atoms with Crippen LogP contribution in [0.5, 0.6) is 5.75 Å². The van der Waals surface area contributed by atoms with Crippen molar-refractivity contribution in [3.8, 4) is 5.75 Å². The highest BCUT2D eigenvalue weighted by molar-refractivity contribution is 5.29. The molecule has 1 N–H and O–H groups in total. The molecule has 0 aliphatic heterocycles. The van der Waals surface area contributed by atoms with Crippen LogP contribution < -0.4 is 4.74 Å². The number of allylic oxidation sites excluding steroid dienone is 1. The molecule has 0 spiro atoms. The van der Waals surface area contributed by atoms with Crippen LogP contribution in [0.1, 0.15) is 78.7 Å². The number of hydrogen-bond acceptors (Lipinski definition) is 2. The summed E-state index contributed by atoms with van der Waals surface area (Å²) in [5, 5.41) is 8.62. The largest absolute Gasteiger partial charge is 0.494 e. The van der Waals surface area contributed by atoms with Crippen LogP contribution in [0.25, 0.3) is 0 Å². The maximum Gasteiger partial charge on any atom is 0.119 e. The summed E-state index contributed by atoms with van der Waals surface area (Å²) in [5.41, 5.74) is 3.04. The molecule has 1 aromatic rings. The SMILES string of the molecule is CC1CC=C(CO)C1.CCOc1ccc(C(CC)CC(C)(C)C)cc1. The molecular formula is C23H38O2. The molecule has 1 aliphatic rings. The fourth-order valence-electron chi connectivity index (χ4n) is 3.35. The minimum Gasteiger partial charge on any atom is -0.494 e. The molecule has 2 nitrogen and oxygen atoms in total. The fourth-order valence-corrected chi connectivity index (χ4v) is 3.35. The minimum atomic E-state index is 0.268. The second kappa shape index (κ2) is 10.7. The van der Waals surface area contributed by atoms with E-state index in [-0.39, 0.29) is 6.61 Å². The van der Waals surface area contributed by atoms with Crippen LogP contribution in [0.15, 0.2) is 35.9 Å². The van der Waals surface area contributed by atoms with Gasteiger partial charge in [0, 0.05) is 0 Å². The monoisotopic (exact) mass is 346 g/mol. The molecule has 0 fully saturated rings. The second-order valence-electron chi connectivity index (χ2n) is 8.44. The zero-order chi connectivity index (χ0) is 18.9. The van der Waals surface area contributed by atoms with Gasteiger partial charge in [-0.3, -0.25) is 0 Å². The van der Waals surface area contributed by atoms with Crippen LogP contribution in [-0.4, -0.2) is 18.3 Å². The summed E-state index contributed by atoms with van der Waals surface area (Å²) in [6.07, 6.45) is 6.85. The Morgan fingerprint density at radius 3 is 2.16 bits per heavy atom. The number of hydrogen-bond donors (Lipinski definition) is 1. The quantitative estimate of drug-likeness (QED) is 0.608. The van der Waals surface area contributed by atoms with Crippen molar-refractivity contribution in [1.29, 1.82) is 0 Å². The van der Waals surface area contributed by atoms with Gasteiger partial charge in [-0.15, -0.1) is 0 Å². The van der Waals surface area contributed by atoms with Crippen molar-refractivity contribution >= 4 is 0 Å². The Hall–Kier alpha value is -1.28. The number of rotatable bonds is 6. The third-order valence-corrected chi connectivity index (χ3v) is 4.64. The maximum absolute atomic E-state index is 8.62. The Labute approximate surface area is 155 Å². The van der Waals surface area contributed by atoms with Gasteiger partial charge < -0.3 is 9.84 Å². The third kappa shape index (κ3) is 8.58. The van der Waals surface area contributed by atoms with E-state index >= 15 is 0 Å². The first kappa shape index (κ1) is 21.8. The van der Waals surface area contributed by atoms with Gasteiger partial charge in [0.1, 0.15) is 5.75 Å². The molecule has 1 aromatic carbocycles. The van der Waals surface area contributed by atoms with E-state index in [1.165, 1.54) is 24.0 Å². The van der Waals surface area contributed by atoms with Crippen molar-refractivity contribution in [3.63, 3.8) is 0 Å². The molecule has 0 bridgehead atoms. The average Bonchev–Trinajstić information content (AvgIpc) is 2.99. The zero-order valence-corrected chi connectivity index (χ0v) is 17.1. The van der Waals surface area contributed by atoms with Gasteiger partial charge in [-0.25, -0.2) is 0 Å². The summed E-state index contributed by atoms with van der Waals surface area (Å²) in [7, 11) is 0. The van der Waals surface area contributed by atoms with E-state index in [2.05, 4.69) is 65.0 Å². The van der Waals surface area contributed by atoms with Crippen molar-refractivity contribution in [2.24, 2.45) is 11.3 Å². The smallest absolute Gasteiger partial charge is 0.119 e. The molecule has 0 amide bonds. The lowest BCUT2D eigenvalue weighted by Gasteiger charge is -2.25. The molecule has 0 saturated heterocycles. The fraction of sp³-hybridized carbons (Fsp3) is 0.652. The molecule has 142 valence electrons. The van der Waals surface area contributed by atoms with Crippen molar-refractivity contribution in [3.05, 3.63) is 41.5 Å². The minimum absolute atomic E-state index is 0.268. The van der Waals surface area contributed by atoms with Gasteiger partial charge in [-0.2, -0.15) is 0 Å². The first-order chi connectivity index (χ1) is 11.8. The molecule has 0 saturated carbocycles. The average molecular weight is 347 g/mol. The lowest BCUT2D eigenvalue weighted by molar-refractivity contribution is 0.325. The van der Waals surface area contributed by atoms with Gasteiger partial charge in [0.15, 0.2) is 0 Å². The Bertz CT molecular complexity index is 508. The summed E-state index contributed by atoms with van der Waals surface area (Å²) >= 11 is 0. The predicted octanol–water partition coefficient (Wildman–Crippen LogP) is 6.35. The molecule has 2 atom stereocenters. The van der Waals surface area contributed by atoms with Gasteiger partial charge in [0.05, 0.1) is 13.2 Å². The normalized spacial score (nSPS) is 18.2. The lowest BCUT2D eigenvalue weighted by atomic mass is 9.80. The van der Waals surface area contributed by atoms with Crippen LogP contribution in [0.4, 0.5) is 0 Å². The van der Waals surface area contributed by atoms with E-state index in [1.54, 1.807) is 0 Å². The van der Waals surface area contributed by atoms with Crippen molar-refractivity contribution in [2.75, 3.05) is 13.2 Å². The summed E-state index contributed by atoms with van der Waals surface area (Å²) in [6, 6.07) is 8.60. The van der Waals surface area contributed by atoms with Gasteiger partial charge in [0.25, 0.3) is 0 Å². The molecule has 2 unspecified atom stereocenters. The predicted molar refractivity (Wildman–Crippen MR) is 108 cm³/mol. The van der Waals surface area contributed by atoms with Gasteiger partial charge in [-0.1, -0.05) is 52.8 Å². The van der Waals surface area contributed by atoms with E-state index in [1.807, 2.05) is 6.92 Å². The van der Waals surface area contributed by atoms with Crippen LogP contribution in [0, 0.1) is 11.3 Å². The van der Waals surface area contributed by atoms with Crippen molar-refractivity contribution < 1.29 is 9.84 Å². The topological polar surface area (TPSA) is 29.5 Å².